The number of nitrogens with one attached hydrogen (secondary N) is 1. The zero-order chi connectivity index (χ0) is 26.0. The van der Waals surface area contributed by atoms with Crippen LogP contribution in [-0.2, 0) is 14.3 Å². The molecule has 0 aliphatic carbocycles. The summed E-state index contributed by atoms with van der Waals surface area (Å²) in [5.41, 5.74) is 2.87. The highest BCUT2D eigenvalue weighted by Gasteiger charge is 2.32. The average Bonchev–Trinajstić information content (AvgIpc) is 3.20. The molecule has 1 aromatic heterocycles. The third-order valence-electron chi connectivity index (χ3n) is 5.93. The van der Waals surface area contributed by atoms with Gasteiger partial charge in [0.25, 0.3) is 5.91 Å². The molecule has 1 N–H and O–H groups in total. The van der Waals surface area contributed by atoms with E-state index in [0.717, 1.165) is 16.8 Å². The van der Waals surface area contributed by atoms with Crippen LogP contribution in [-0.4, -0.2) is 43.6 Å². The molecule has 4 rings (SSSR count). The highest BCUT2D eigenvalue weighted by molar-refractivity contribution is 7.24. The quantitative estimate of drug-likeness (QED) is 0.437. The number of fused-ring (bicyclic) bond motifs is 2. The average molecular weight is 511 g/mol. The van der Waals surface area contributed by atoms with E-state index < -0.39 is 12.1 Å². The van der Waals surface area contributed by atoms with Crippen LogP contribution in [0.2, 0.25) is 0 Å². The van der Waals surface area contributed by atoms with Gasteiger partial charge in [-0.15, -0.1) is 11.3 Å². The fourth-order valence-corrected chi connectivity index (χ4v) is 5.49. The highest BCUT2D eigenvalue weighted by Crippen LogP contribution is 2.43. The number of ether oxygens (including phenoxy) is 3. The van der Waals surface area contributed by atoms with Gasteiger partial charge in [0.05, 0.1) is 23.5 Å². The summed E-state index contributed by atoms with van der Waals surface area (Å²) in [5.74, 6) is 0.205. The van der Waals surface area contributed by atoms with Crippen LogP contribution in [0.5, 0.6) is 11.5 Å². The number of nitrogens with zero attached hydrogens (tertiary/aromatic N) is 1. The van der Waals surface area contributed by atoms with Gasteiger partial charge < -0.3 is 24.4 Å². The largest absolute Gasteiger partial charge is 0.490 e. The Balaban J connectivity index is 1.74. The SMILES string of the molecule is CCOC(=O)c1c(NC(C)=O)sc2c(OC(CC)C(=O)N3CCOc4ccc(C)cc43)c(C)ccc12. The Labute approximate surface area is 214 Å². The Hall–Kier alpha value is -3.59. The summed E-state index contributed by atoms with van der Waals surface area (Å²) in [7, 11) is 0. The topological polar surface area (TPSA) is 94.2 Å². The Bertz CT molecular complexity index is 1330. The highest BCUT2D eigenvalue weighted by atomic mass is 32.1. The second-order valence-corrected chi connectivity index (χ2v) is 9.64. The Morgan fingerprint density at radius 3 is 2.64 bits per heavy atom. The second-order valence-electron chi connectivity index (χ2n) is 8.62. The predicted octanol–water partition coefficient (Wildman–Crippen LogP) is 5.24. The van der Waals surface area contributed by atoms with E-state index in [2.05, 4.69) is 5.32 Å². The first-order valence-corrected chi connectivity index (χ1v) is 12.8. The molecule has 190 valence electrons. The van der Waals surface area contributed by atoms with E-state index in [1.807, 2.05) is 51.1 Å². The Morgan fingerprint density at radius 1 is 1.17 bits per heavy atom. The number of hydrogen-bond acceptors (Lipinski definition) is 7. The van der Waals surface area contributed by atoms with Crippen molar-refractivity contribution in [1.29, 1.82) is 0 Å². The van der Waals surface area contributed by atoms with Crippen LogP contribution in [0.1, 0.15) is 48.7 Å². The molecule has 0 spiro atoms. The van der Waals surface area contributed by atoms with Crippen molar-refractivity contribution in [3.05, 3.63) is 47.0 Å². The van der Waals surface area contributed by atoms with Crippen LogP contribution < -0.4 is 19.7 Å². The van der Waals surface area contributed by atoms with Crippen molar-refractivity contribution in [2.45, 2.75) is 47.1 Å². The number of hydrogen-bond donors (Lipinski definition) is 1. The van der Waals surface area contributed by atoms with Gasteiger partial charge >= 0.3 is 5.97 Å². The van der Waals surface area contributed by atoms with Gasteiger partial charge in [-0.2, -0.15) is 0 Å². The molecular formula is C27H30N2O6S. The number of thiophene rings is 1. The lowest BCUT2D eigenvalue weighted by atomic mass is 10.1. The molecular weight excluding hydrogens is 480 g/mol. The maximum Gasteiger partial charge on any atom is 0.341 e. The maximum absolute atomic E-state index is 13.7. The van der Waals surface area contributed by atoms with E-state index >= 15 is 0 Å². The van der Waals surface area contributed by atoms with Gasteiger partial charge in [0.15, 0.2) is 6.10 Å². The van der Waals surface area contributed by atoms with Crippen LogP contribution in [0, 0.1) is 13.8 Å². The second kappa shape index (κ2) is 10.6. The van der Waals surface area contributed by atoms with Crippen molar-refractivity contribution in [2.75, 3.05) is 30.0 Å². The van der Waals surface area contributed by atoms with Crippen molar-refractivity contribution in [2.24, 2.45) is 0 Å². The number of esters is 1. The summed E-state index contributed by atoms with van der Waals surface area (Å²) in [6.45, 7) is 9.91. The molecule has 0 saturated heterocycles. The molecule has 1 unspecified atom stereocenters. The molecule has 9 heteroatoms. The van der Waals surface area contributed by atoms with Gasteiger partial charge in [0.2, 0.25) is 5.91 Å². The maximum atomic E-state index is 13.7. The van der Waals surface area contributed by atoms with Crippen molar-refractivity contribution in [3.63, 3.8) is 0 Å². The summed E-state index contributed by atoms with van der Waals surface area (Å²) in [4.78, 5) is 40.0. The van der Waals surface area contributed by atoms with Crippen molar-refractivity contribution in [1.82, 2.24) is 0 Å². The van der Waals surface area contributed by atoms with Crippen molar-refractivity contribution < 1.29 is 28.6 Å². The zero-order valence-electron chi connectivity index (χ0n) is 21.1. The molecule has 0 bridgehead atoms. The van der Waals surface area contributed by atoms with E-state index in [9.17, 15) is 14.4 Å². The molecule has 1 atom stereocenters. The number of carbonyl (C=O) groups is 3. The number of benzene rings is 2. The fraction of sp³-hybridized carbons (Fsp3) is 0.370. The lowest BCUT2D eigenvalue weighted by Gasteiger charge is -2.32. The molecule has 2 amide bonds. The summed E-state index contributed by atoms with van der Waals surface area (Å²) in [6.07, 6.45) is -0.305. The molecule has 0 saturated carbocycles. The lowest BCUT2D eigenvalue weighted by molar-refractivity contribution is -0.125. The number of rotatable bonds is 7. The summed E-state index contributed by atoms with van der Waals surface area (Å²) in [6, 6.07) is 9.43. The van der Waals surface area contributed by atoms with Gasteiger partial charge in [0, 0.05) is 12.3 Å². The molecule has 3 aromatic rings. The van der Waals surface area contributed by atoms with E-state index in [-0.39, 0.29) is 24.0 Å². The molecule has 0 radical (unpaired) electrons. The van der Waals surface area contributed by atoms with Gasteiger partial charge in [-0.25, -0.2) is 4.79 Å². The minimum atomic E-state index is -0.752. The van der Waals surface area contributed by atoms with Gasteiger partial charge in [-0.05, 0) is 50.5 Å². The van der Waals surface area contributed by atoms with Crippen LogP contribution >= 0.6 is 11.3 Å². The summed E-state index contributed by atoms with van der Waals surface area (Å²) in [5, 5.41) is 3.74. The van der Waals surface area contributed by atoms with Gasteiger partial charge in [-0.1, -0.05) is 25.1 Å². The zero-order valence-corrected chi connectivity index (χ0v) is 21.9. The first-order chi connectivity index (χ1) is 17.2. The van der Waals surface area contributed by atoms with Crippen molar-refractivity contribution in [3.8, 4) is 11.5 Å². The molecule has 36 heavy (non-hydrogen) atoms. The minimum absolute atomic E-state index is 0.159. The van der Waals surface area contributed by atoms with Crippen LogP contribution in [0.4, 0.5) is 10.7 Å². The number of carbonyl (C=O) groups excluding carboxylic acids is 3. The first-order valence-electron chi connectivity index (χ1n) is 12.0. The van der Waals surface area contributed by atoms with Crippen LogP contribution in [0.25, 0.3) is 10.1 Å². The molecule has 1 aliphatic rings. The number of anilines is 2. The number of aryl methyl sites for hydroxylation is 2. The molecule has 2 aromatic carbocycles. The van der Waals surface area contributed by atoms with E-state index in [1.54, 1.807) is 11.8 Å². The van der Waals surface area contributed by atoms with E-state index in [0.29, 0.717) is 46.2 Å². The molecule has 1 aliphatic heterocycles. The summed E-state index contributed by atoms with van der Waals surface area (Å²) >= 11 is 1.23. The fourth-order valence-electron chi connectivity index (χ4n) is 4.22. The van der Waals surface area contributed by atoms with E-state index in [4.69, 9.17) is 14.2 Å². The third-order valence-corrected chi connectivity index (χ3v) is 7.05. The number of amides is 2. The lowest BCUT2D eigenvalue weighted by Crippen LogP contribution is -2.45. The normalized spacial score (nSPS) is 13.5. The van der Waals surface area contributed by atoms with Crippen LogP contribution in [0.15, 0.2) is 30.3 Å². The standard InChI is InChI=1S/C27H30N2O6S/c1-6-20(26(31)29-12-13-34-21-11-8-15(3)14-19(21)29)35-23-16(4)9-10-18-22(27(32)33-7-2)25(28-17(5)30)36-24(18)23/h8-11,14,20H,6-7,12-13H2,1-5H3,(H,28,30). The predicted molar refractivity (Wildman–Crippen MR) is 141 cm³/mol. The monoisotopic (exact) mass is 510 g/mol. The van der Waals surface area contributed by atoms with Gasteiger partial charge in [0.1, 0.15) is 28.7 Å². The first kappa shape index (κ1) is 25.5. The van der Waals surface area contributed by atoms with Crippen molar-refractivity contribution >= 4 is 49.9 Å². The summed E-state index contributed by atoms with van der Waals surface area (Å²) < 4.78 is 18.1. The third kappa shape index (κ3) is 4.88. The smallest absolute Gasteiger partial charge is 0.341 e. The molecule has 2 heterocycles. The minimum Gasteiger partial charge on any atom is -0.490 e. The van der Waals surface area contributed by atoms with Gasteiger partial charge in [-0.3, -0.25) is 9.59 Å². The Morgan fingerprint density at radius 2 is 1.94 bits per heavy atom. The molecule has 0 fully saturated rings. The Kier molecular flexibility index (Phi) is 7.49. The van der Waals surface area contributed by atoms with E-state index in [1.165, 1.54) is 18.3 Å². The van der Waals surface area contributed by atoms with Crippen LogP contribution in [0.3, 0.4) is 0 Å². The molecule has 8 nitrogen and oxygen atoms in total.